The number of amides is 1. The van der Waals surface area contributed by atoms with Crippen LogP contribution in [0.3, 0.4) is 0 Å². The van der Waals surface area contributed by atoms with Crippen molar-refractivity contribution in [2.75, 3.05) is 13.1 Å². The number of hydrogen-bond acceptors (Lipinski definition) is 3. The number of nitrogens with zero attached hydrogens (tertiary/aromatic N) is 1. The molecule has 5 nitrogen and oxygen atoms in total. The van der Waals surface area contributed by atoms with Crippen LogP contribution < -0.4 is 16.0 Å². The van der Waals surface area contributed by atoms with Gasteiger partial charge in [0, 0.05) is 28.4 Å². The fourth-order valence-corrected chi connectivity index (χ4v) is 3.34. The number of rotatable bonds is 9. The number of carbonyl (C=O) groups excluding carboxylic acids is 1. The predicted octanol–water partition coefficient (Wildman–Crippen LogP) is 3.84. The van der Waals surface area contributed by atoms with Crippen molar-refractivity contribution in [2.45, 2.75) is 46.7 Å². The minimum Gasteiger partial charge on any atom is -0.357 e. The highest BCUT2D eigenvalue weighted by Crippen LogP contribution is 2.14. The Morgan fingerprint density at radius 2 is 1.81 bits per heavy atom. The minimum atomic E-state index is -0.0141. The fourth-order valence-electron chi connectivity index (χ4n) is 2.51. The zero-order chi connectivity index (χ0) is 19.5. The Labute approximate surface area is 166 Å². The van der Waals surface area contributed by atoms with Gasteiger partial charge in [-0.05, 0) is 50.1 Å². The van der Waals surface area contributed by atoms with E-state index in [1.165, 1.54) is 9.75 Å². The molecule has 0 saturated heterocycles. The molecule has 146 valence electrons. The quantitative estimate of drug-likeness (QED) is 0.348. The van der Waals surface area contributed by atoms with Gasteiger partial charge in [0.05, 0.1) is 13.1 Å². The summed E-state index contributed by atoms with van der Waals surface area (Å²) in [5.41, 5.74) is 1.77. The van der Waals surface area contributed by atoms with Crippen LogP contribution in [-0.2, 0) is 13.1 Å². The standard InChI is InChI=1S/C21H30N4OS/c1-4-6-13-23-20(26)18-10-8-17(9-11-18)14-24-21(22-5-2)25-15-19-12-7-16(3)27-19/h7-12H,4-6,13-15H2,1-3H3,(H,23,26)(H2,22,24,25). The molecule has 2 aromatic rings. The number of nitrogens with one attached hydrogen (secondary N) is 3. The topological polar surface area (TPSA) is 65.5 Å². The molecule has 0 bridgehead atoms. The first-order chi connectivity index (χ1) is 13.1. The van der Waals surface area contributed by atoms with Crippen LogP contribution in [0, 0.1) is 6.92 Å². The van der Waals surface area contributed by atoms with E-state index in [0.29, 0.717) is 12.1 Å². The molecule has 0 fully saturated rings. The molecule has 0 aliphatic heterocycles. The van der Waals surface area contributed by atoms with Crippen LogP contribution in [0.1, 0.15) is 52.4 Å². The van der Waals surface area contributed by atoms with E-state index in [4.69, 9.17) is 0 Å². The van der Waals surface area contributed by atoms with Gasteiger partial charge in [0.15, 0.2) is 5.96 Å². The first kappa shape index (κ1) is 21.0. The molecular weight excluding hydrogens is 356 g/mol. The molecule has 27 heavy (non-hydrogen) atoms. The summed E-state index contributed by atoms with van der Waals surface area (Å²) in [4.78, 5) is 19.3. The van der Waals surface area contributed by atoms with Gasteiger partial charge in [0.1, 0.15) is 0 Å². The van der Waals surface area contributed by atoms with E-state index in [0.717, 1.165) is 44.0 Å². The second kappa shape index (κ2) is 11.4. The summed E-state index contributed by atoms with van der Waals surface area (Å²) in [5, 5.41) is 9.57. The van der Waals surface area contributed by atoms with Gasteiger partial charge in [-0.25, -0.2) is 4.99 Å². The zero-order valence-electron chi connectivity index (χ0n) is 16.5. The van der Waals surface area contributed by atoms with Gasteiger partial charge in [-0.1, -0.05) is 25.5 Å². The van der Waals surface area contributed by atoms with E-state index in [2.05, 4.69) is 53.8 Å². The minimum absolute atomic E-state index is 0.0141. The highest BCUT2D eigenvalue weighted by Gasteiger charge is 2.05. The van der Waals surface area contributed by atoms with Gasteiger partial charge in [-0.2, -0.15) is 0 Å². The van der Waals surface area contributed by atoms with Crippen LogP contribution in [0.5, 0.6) is 0 Å². The van der Waals surface area contributed by atoms with E-state index in [-0.39, 0.29) is 5.91 Å². The number of aliphatic imine (C=N–C) groups is 1. The Morgan fingerprint density at radius 3 is 2.44 bits per heavy atom. The Kier molecular flexibility index (Phi) is 8.84. The Morgan fingerprint density at radius 1 is 1.04 bits per heavy atom. The number of thiophene rings is 1. The molecule has 0 saturated carbocycles. The number of benzene rings is 1. The van der Waals surface area contributed by atoms with Gasteiger partial charge in [-0.3, -0.25) is 4.79 Å². The van der Waals surface area contributed by atoms with Crippen molar-refractivity contribution in [3.8, 4) is 0 Å². The third-order valence-electron chi connectivity index (χ3n) is 4.02. The lowest BCUT2D eigenvalue weighted by molar-refractivity contribution is 0.0953. The lowest BCUT2D eigenvalue weighted by atomic mass is 10.1. The van der Waals surface area contributed by atoms with E-state index in [1.807, 2.05) is 24.3 Å². The van der Waals surface area contributed by atoms with E-state index < -0.39 is 0 Å². The molecule has 0 atom stereocenters. The Balaban J connectivity index is 1.89. The number of hydrogen-bond donors (Lipinski definition) is 3. The monoisotopic (exact) mass is 386 g/mol. The molecule has 2 rings (SSSR count). The largest absolute Gasteiger partial charge is 0.357 e. The van der Waals surface area contributed by atoms with Gasteiger partial charge in [0.2, 0.25) is 0 Å². The van der Waals surface area contributed by atoms with E-state index in [1.54, 1.807) is 11.3 Å². The molecule has 1 aromatic heterocycles. The second-order valence-corrected chi connectivity index (χ2v) is 7.74. The normalized spacial score (nSPS) is 11.3. The van der Waals surface area contributed by atoms with E-state index in [9.17, 15) is 4.79 Å². The van der Waals surface area contributed by atoms with Crippen molar-refractivity contribution in [3.05, 3.63) is 57.3 Å². The lowest BCUT2D eigenvalue weighted by Gasteiger charge is -2.10. The summed E-state index contributed by atoms with van der Waals surface area (Å²) in [7, 11) is 0. The van der Waals surface area contributed by atoms with Crippen molar-refractivity contribution in [1.82, 2.24) is 16.0 Å². The van der Waals surface area contributed by atoms with Crippen LogP contribution in [0.4, 0.5) is 0 Å². The lowest BCUT2D eigenvalue weighted by Crippen LogP contribution is -2.36. The number of unbranched alkanes of at least 4 members (excludes halogenated alkanes) is 1. The van der Waals surface area contributed by atoms with Gasteiger partial charge < -0.3 is 16.0 Å². The predicted molar refractivity (Wildman–Crippen MR) is 114 cm³/mol. The first-order valence-corrected chi connectivity index (χ1v) is 10.4. The molecule has 0 unspecified atom stereocenters. The van der Waals surface area contributed by atoms with Crippen LogP contribution in [-0.4, -0.2) is 25.0 Å². The van der Waals surface area contributed by atoms with Crippen LogP contribution in [0.2, 0.25) is 0 Å². The summed E-state index contributed by atoms with van der Waals surface area (Å²) in [5.74, 6) is 0.782. The highest BCUT2D eigenvalue weighted by molar-refractivity contribution is 7.11. The van der Waals surface area contributed by atoms with Gasteiger partial charge in [0.25, 0.3) is 5.91 Å². The van der Waals surface area contributed by atoms with Gasteiger partial charge in [-0.15, -0.1) is 11.3 Å². The number of carbonyl (C=O) groups is 1. The molecule has 1 aromatic carbocycles. The van der Waals surface area contributed by atoms with Crippen molar-refractivity contribution in [3.63, 3.8) is 0 Å². The molecule has 3 N–H and O–H groups in total. The smallest absolute Gasteiger partial charge is 0.251 e. The van der Waals surface area contributed by atoms with Crippen LogP contribution >= 0.6 is 11.3 Å². The summed E-state index contributed by atoms with van der Waals surface area (Å²) in [6.07, 6.45) is 2.08. The van der Waals surface area contributed by atoms with Crippen molar-refractivity contribution < 1.29 is 4.79 Å². The number of aryl methyl sites for hydroxylation is 1. The summed E-state index contributed by atoms with van der Waals surface area (Å²) in [6.45, 7) is 9.14. The Hall–Kier alpha value is -2.34. The highest BCUT2D eigenvalue weighted by atomic mass is 32.1. The molecule has 6 heteroatoms. The summed E-state index contributed by atoms with van der Waals surface area (Å²) in [6, 6.07) is 11.9. The number of guanidine groups is 1. The molecule has 1 amide bonds. The second-order valence-electron chi connectivity index (χ2n) is 6.37. The van der Waals surface area contributed by atoms with Crippen LogP contribution in [0.15, 0.2) is 41.4 Å². The molecule has 0 radical (unpaired) electrons. The Bertz CT molecular complexity index is 737. The average Bonchev–Trinajstić information content (AvgIpc) is 3.10. The summed E-state index contributed by atoms with van der Waals surface area (Å²) < 4.78 is 0. The molecule has 0 aliphatic carbocycles. The van der Waals surface area contributed by atoms with Gasteiger partial charge >= 0.3 is 0 Å². The zero-order valence-corrected chi connectivity index (χ0v) is 17.3. The molecule has 0 aliphatic rings. The fraction of sp³-hybridized carbons (Fsp3) is 0.429. The third-order valence-corrected chi connectivity index (χ3v) is 5.02. The first-order valence-electron chi connectivity index (χ1n) is 9.57. The average molecular weight is 387 g/mol. The van der Waals surface area contributed by atoms with Crippen molar-refractivity contribution >= 4 is 23.2 Å². The molecule has 0 spiro atoms. The summed E-state index contributed by atoms with van der Waals surface area (Å²) >= 11 is 1.79. The van der Waals surface area contributed by atoms with Crippen molar-refractivity contribution in [1.29, 1.82) is 0 Å². The SMILES string of the molecule is CCCCNC(=O)c1ccc(CN=C(NCC)NCc2ccc(C)s2)cc1. The maximum atomic E-state index is 12.0. The van der Waals surface area contributed by atoms with Crippen molar-refractivity contribution in [2.24, 2.45) is 4.99 Å². The van der Waals surface area contributed by atoms with E-state index >= 15 is 0 Å². The maximum absolute atomic E-state index is 12.0. The molecule has 1 heterocycles. The molecular formula is C21H30N4OS. The maximum Gasteiger partial charge on any atom is 0.251 e. The third kappa shape index (κ3) is 7.43. The van der Waals surface area contributed by atoms with Crippen LogP contribution in [0.25, 0.3) is 0 Å².